The molecule has 0 bridgehead atoms. The molecule has 0 radical (unpaired) electrons. The van der Waals surface area contributed by atoms with Crippen LogP contribution in [-0.2, 0) is 11.3 Å². The molecule has 1 heterocycles. The molecule has 1 rings (SSSR count). The molecule has 1 aromatic heterocycles. The van der Waals surface area contributed by atoms with E-state index in [4.69, 9.17) is 5.73 Å². The Labute approximate surface area is 117 Å². The van der Waals surface area contributed by atoms with Crippen molar-refractivity contribution in [2.24, 2.45) is 0 Å². The highest BCUT2D eigenvalue weighted by Crippen LogP contribution is 2.07. The molecule has 106 valence electrons. The molecule has 2 N–H and O–H groups in total. The lowest BCUT2D eigenvalue weighted by Gasteiger charge is -2.25. The molecule has 1 atom stereocenters. The summed E-state index contributed by atoms with van der Waals surface area (Å²) in [4.78, 5) is 25.4. The lowest BCUT2D eigenvalue weighted by atomic mass is 10.2. The van der Waals surface area contributed by atoms with Crippen LogP contribution in [0.2, 0.25) is 0 Å². The average molecular weight is 283 g/mol. The van der Waals surface area contributed by atoms with Gasteiger partial charge in [0.05, 0.1) is 0 Å². The number of aromatic nitrogens is 1. The van der Waals surface area contributed by atoms with Crippen molar-refractivity contribution in [1.29, 1.82) is 0 Å². The maximum atomic E-state index is 12.1. The SMILES string of the molecule is CSCCC(C)N(C)C(=O)Cn1cc(N)ccc1=O. The van der Waals surface area contributed by atoms with E-state index in [1.54, 1.807) is 23.7 Å². The maximum absolute atomic E-state index is 12.1. The monoisotopic (exact) mass is 283 g/mol. The summed E-state index contributed by atoms with van der Waals surface area (Å²) in [6, 6.07) is 3.07. The van der Waals surface area contributed by atoms with E-state index >= 15 is 0 Å². The molecular formula is C13H21N3O2S. The maximum Gasteiger partial charge on any atom is 0.251 e. The summed E-state index contributed by atoms with van der Waals surface area (Å²) in [5.74, 6) is 0.929. The topological polar surface area (TPSA) is 68.3 Å². The number of nitrogens with two attached hydrogens (primary N) is 1. The number of carbonyl (C=O) groups excluding carboxylic acids is 1. The van der Waals surface area contributed by atoms with Gasteiger partial charge in [0.2, 0.25) is 5.91 Å². The molecule has 0 saturated heterocycles. The van der Waals surface area contributed by atoms with Gasteiger partial charge in [-0.2, -0.15) is 11.8 Å². The number of pyridine rings is 1. The molecule has 1 aromatic rings. The van der Waals surface area contributed by atoms with Crippen molar-refractivity contribution in [3.05, 3.63) is 28.7 Å². The molecule has 1 amide bonds. The highest BCUT2D eigenvalue weighted by molar-refractivity contribution is 7.98. The quantitative estimate of drug-likeness (QED) is 0.846. The highest BCUT2D eigenvalue weighted by atomic mass is 32.2. The Morgan fingerprint density at radius 1 is 1.53 bits per heavy atom. The zero-order chi connectivity index (χ0) is 14.4. The minimum atomic E-state index is -0.215. The van der Waals surface area contributed by atoms with Gasteiger partial charge >= 0.3 is 0 Å². The Balaban J connectivity index is 2.68. The molecule has 19 heavy (non-hydrogen) atoms. The zero-order valence-corrected chi connectivity index (χ0v) is 12.4. The summed E-state index contributed by atoms with van der Waals surface area (Å²) in [7, 11) is 1.77. The average Bonchev–Trinajstić information content (AvgIpc) is 2.39. The highest BCUT2D eigenvalue weighted by Gasteiger charge is 2.16. The first-order valence-corrected chi connectivity index (χ1v) is 7.55. The van der Waals surface area contributed by atoms with Crippen molar-refractivity contribution in [3.63, 3.8) is 0 Å². The molecule has 0 aliphatic rings. The molecule has 0 fully saturated rings. The van der Waals surface area contributed by atoms with Crippen molar-refractivity contribution in [2.45, 2.75) is 25.9 Å². The minimum Gasteiger partial charge on any atom is -0.398 e. The Bertz CT molecular complexity index is 487. The number of nitrogens with zero attached hydrogens (tertiary/aromatic N) is 2. The van der Waals surface area contributed by atoms with Gasteiger partial charge in [-0.3, -0.25) is 9.59 Å². The number of likely N-dealkylation sites (N-methyl/N-ethyl adjacent to an activating group) is 1. The Hall–Kier alpha value is -1.43. The van der Waals surface area contributed by atoms with Gasteiger partial charge in [-0.1, -0.05) is 0 Å². The molecule has 6 heteroatoms. The van der Waals surface area contributed by atoms with E-state index in [9.17, 15) is 9.59 Å². The lowest BCUT2D eigenvalue weighted by Crippen LogP contribution is -2.39. The van der Waals surface area contributed by atoms with Gasteiger partial charge in [-0.05, 0) is 31.4 Å². The number of thioether (sulfide) groups is 1. The number of rotatable bonds is 6. The van der Waals surface area contributed by atoms with Crippen molar-refractivity contribution < 1.29 is 4.79 Å². The Kier molecular flexibility index (Phi) is 5.95. The van der Waals surface area contributed by atoms with E-state index in [-0.39, 0.29) is 24.1 Å². The van der Waals surface area contributed by atoms with E-state index in [0.717, 1.165) is 12.2 Å². The van der Waals surface area contributed by atoms with Gasteiger partial charge in [0.1, 0.15) is 6.54 Å². The largest absolute Gasteiger partial charge is 0.398 e. The molecule has 0 spiro atoms. The van der Waals surface area contributed by atoms with Gasteiger partial charge < -0.3 is 15.2 Å². The van der Waals surface area contributed by atoms with Crippen LogP contribution in [0.5, 0.6) is 0 Å². The predicted molar refractivity (Wildman–Crippen MR) is 80.3 cm³/mol. The van der Waals surface area contributed by atoms with Crippen LogP contribution in [0.1, 0.15) is 13.3 Å². The predicted octanol–water partition coefficient (Wildman–Crippen LogP) is 1.03. The summed E-state index contributed by atoms with van der Waals surface area (Å²) in [6.07, 6.45) is 4.48. The fourth-order valence-corrected chi connectivity index (χ4v) is 2.24. The number of anilines is 1. The normalized spacial score (nSPS) is 12.2. The summed E-state index contributed by atoms with van der Waals surface area (Å²) in [6.45, 7) is 2.04. The van der Waals surface area contributed by atoms with Crippen LogP contribution in [0.4, 0.5) is 5.69 Å². The van der Waals surface area contributed by atoms with Crippen LogP contribution in [0.25, 0.3) is 0 Å². The first-order chi connectivity index (χ1) is 8.95. The summed E-state index contributed by atoms with van der Waals surface area (Å²) in [5.41, 5.74) is 5.88. The molecule has 0 saturated carbocycles. The molecular weight excluding hydrogens is 262 g/mol. The van der Waals surface area contributed by atoms with Gasteiger partial charge in [-0.25, -0.2) is 0 Å². The van der Waals surface area contributed by atoms with Crippen LogP contribution in [0, 0.1) is 0 Å². The van der Waals surface area contributed by atoms with Gasteiger partial charge in [0.15, 0.2) is 0 Å². The number of nitrogen functional groups attached to an aromatic ring is 1. The second kappa shape index (κ2) is 7.23. The van der Waals surface area contributed by atoms with Crippen molar-refractivity contribution in [2.75, 3.05) is 24.8 Å². The van der Waals surface area contributed by atoms with Crippen molar-refractivity contribution in [1.82, 2.24) is 9.47 Å². The standard InChI is InChI=1S/C13H21N3O2S/c1-10(6-7-19-3)15(2)13(18)9-16-8-11(14)4-5-12(16)17/h4-5,8,10H,6-7,9,14H2,1-3H3. The minimum absolute atomic E-state index is 0.0317. The molecule has 0 aliphatic carbocycles. The van der Waals surface area contributed by atoms with Crippen LogP contribution >= 0.6 is 11.8 Å². The second-order valence-electron chi connectivity index (χ2n) is 4.56. The summed E-state index contributed by atoms with van der Waals surface area (Å²) >= 11 is 1.76. The number of amides is 1. The van der Waals surface area contributed by atoms with Crippen LogP contribution in [0.15, 0.2) is 23.1 Å². The van der Waals surface area contributed by atoms with Crippen LogP contribution in [-0.4, -0.2) is 40.5 Å². The van der Waals surface area contributed by atoms with Crippen molar-refractivity contribution >= 4 is 23.4 Å². The smallest absolute Gasteiger partial charge is 0.251 e. The van der Waals surface area contributed by atoms with Crippen LogP contribution in [0.3, 0.4) is 0 Å². The lowest BCUT2D eigenvalue weighted by molar-refractivity contribution is -0.132. The van der Waals surface area contributed by atoms with E-state index < -0.39 is 0 Å². The second-order valence-corrected chi connectivity index (χ2v) is 5.55. The molecule has 0 aromatic carbocycles. The van der Waals surface area contributed by atoms with Gasteiger partial charge in [0.25, 0.3) is 5.56 Å². The van der Waals surface area contributed by atoms with E-state index in [0.29, 0.717) is 5.69 Å². The van der Waals surface area contributed by atoms with Gasteiger partial charge in [0, 0.05) is 31.0 Å². The summed E-state index contributed by atoms with van der Waals surface area (Å²) < 4.78 is 1.34. The Morgan fingerprint density at radius 2 is 2.21 bits per heavy atom. The first-order valence-electron chi connectivity index (χ1n) is 6.16. The third-order valence-electron chi connectivity index (χ3n) is 3.11. The van der Waals surface area contributed by atoms with E-state index in [1.807, 2.05) is 13.2 Å². The van der Waals surface area contributed by atoms with Gasteiger partial charge in [-0.15, -0.1) is 0 Å². The fraction of sp³-hybridized carbons (Fsp3) is 0.538. The fourth-order valence-electron chi connectivity index (χ4n) is 1.66. The van der Waals surface area contributed by atoms with E-state index in [2.05, 4.69) is 0 Å². The number of carbonyl (C=O) groups is 1. The third kappa shape index (κ3) is 4.63. The molecule has 0 aliphatic heterocycles. The van der Waals surface area contributed by atoms with Crippen LogP contribution < -0.4 is 11.3 Å². The zero-order valence-electron chi connectivity index (χ0n) is 11.6. The third-order valence-corrected chi connectivity index (χ3v) is 3.75. The van der Waals surface area contributed by atoms with Crippen molar-refractivity contribution in [3.8, 4) is 0 Å². The Morgan fingerprint density at radius 3 is 2.84 bits per heavy atom. The first kappa shape index (κ1) is 15.6. The molecule has 1 unspecified atom stereocenters. The number of hydrogen-bond donors (Lipinski definition) is 1. The number of hydrogen-bond acceptors (Lipinski definition) is 4. The van der Waals surface area contributed by atoms with E-state index in [1.165, 1.54) is 22.9 Å². The summed E-state index contributed by atoms with van der Waals surface area (Å²) in [5, 5.41) is 0. The molecule has 5 nitrogen and oxygen atoms in total.